The van der Waals surface area contributed by atoms with Gasteiger partial charge in [-0.2, -0.15) is 0 Å². The minimum atomic E-state index is -0.811. The number of rotatable bonds is 2. The molecule has 3 atom stereocenters. The van der Waals surface area contributed by atoms with Gasteiger partial charge in [0, 0.05) is 25.7 Å². The highest BCUT2D eigenvalue weighted by Gasteiger charge is 2.34. The zero-order valence-corrected chi connectivity index (χ0v) is 9.31. The van der Waals surface area contributed by atoms with E-state index >= 15 is 0 Å². The molecule has 0 saturated carbocycles. The van der Waals surface area contributed by atoms with Gasteiger partial charge in [0.25, 0.3) is 5.56 Å². The Labute approximate surface area is 96.5 Å². The van der Waals surface area contributed by atoms with Gasteiger partial charge in [0.15, 0.2) is 0 Å². The van der Waals surface area contributed by atoms with Gasteiger partial charge >= 0.3 is 5.69 Å². The highest BCUT2D eigenvalue weighted by molar-refractivity contribution is 4.89. The fourth-order valence-electron chi connectivity index (χ4n) is 1.86. The van der Waals surface area contributed by atoms with Crippen LogP contribution in [0.3, 0.4) is 0 Å². The largest absolute Gasteiger partial charge is 0.394 e. The van der Waals surface area contributed by atoms with E-state index in [2.05, 4.69) is 0 Å². The Kier molecular flexibility index (Phi) is 3.14. The summed E-state index contributed by atoms with van der Waals surface area (Å²) in [5, 5.41) is 18.5. The summed E-state index contributed by atoms with van der Waals surface area (Å²) in [6.45, 7) is -0.307. The van der Waals surface area contributed by atoms with Crippen molar-refractivity contribution in [3.8, 4) is 0 Å². The molecule has 1 aliphatic heterocycles. The van der Waals surface area contributed by atoms with E-state index in [1.807, 2.05) is 0 Å². The smallest absolute Gasteiger partial charge is 0.332 e. The number of ether oxygens (including phenoxy) is 1. The maximum atomic E-state index is 11.8. The topological polar surface area (TPSA) is 93.7 Å². The molecule has 2 N–H and O–H groups in total. The summed E-state index contributed by atoms with van der Waals surface area (Å²) in [5.41, 5.74) is -0.906. The van der Waals surface area contributed by atoms with Crippen LogP contribution in [0, 0.1) is 0 Å². The lowest BCUT2D eigenvalue weighted by atomic mass is 10.2. The molecule has 7 nitrogen and oxygen atoms in total. The van der Waals surface area contributed by atoms with Gasteiger partial charge in [0.05, 0.1) is 12.7 Å². The van der Waals surface area contributed by atoms with Crippen LogP contribution in [-0.4, -0.2) is 38.2 Å². The average molecular weight is 242 g/mol. The van der Waals surface area contributed by atoms with Gasteiger partial charge < -0.3 is 14.9 Å². The molecule has 1 aliphatic rings. The van der Waals surface area contributed by atoms with Crippen LogP contribution in [0.5, 0.6) is 0 Å². The molecule has 0 spiro atoms. The second kappa shape index (κ2) is 4.44. The van der Waals surface area contributed by atoms with Crippen LogP contribution in [0.25, 0.3) is 0 Å². The second-order valence-electron chi connectivity index (χ2n) is 4.02. The van der Waals surface area contributed by atoms with Crippen molar-refractivity contribution in [3.05, 3.63) is 33.1 Å². The summed E-state index contributed by atoms with van der Waals surface area (Å²) < 4.78 is 7.53. The molecule has 0 aliphatic carbocycles. The Balaban J connectivity index is 2.34. The molecule has 1 aromatic rings. The summed E-state index contributed by atoms with van der Waals surface area (Å²) >= 11 is 0. The third-order valence-electron chi connectivity index (χ3n) is 2.91. The van der Waals surface area contributed by atoms with Crippen LogP contribution < -0.4 is 11.2 Å². The molecule has 0 bridgehead atoms. The molecule has 17 heavy (non-hydrogen) atoms. The van der Waals surface area contributed by atoms with Crippen LogP contribution >= 0.6 is 0 Å². The summed E-state index contributed by atoms with van der Waals surface area (Å²) in [5.74, 6) is 0. The standard InChI is InChI=1S/C10H14N2O5/c1-11-8(15)2-3-12(10(11)16)9-4-6(14)7(5-13)17-9/h2-3,6-7,9,13-14H,4-5H2,1H3/t6-,7+,9+/m0/s1. The zero-order valence-electron chi connectivity index (χ0n) is 9.31. The van der Waals surface area contributed by atoms with Crippen molar-refractivity contribution in [2.24, 2.45) is 7.05 Å². The number of aliphatic hydroxyl groups excluding tert-OH is 2. The third-order valence-corrected chi connectivity index (χ3v) is 2.91. The average Bonchev–Trinajstić information content (AvgIpc) is 2.67. The highest BCUT2D eigenvalue weighted by atomic mass is 16.5. The maximum Gasteiger partial charge on any atom is 0.332 e. The van der Waals surface area contributed by atoms with Gasteiger partial charge in [-0.25, -0.2) is 4.79 Å². The predicted molar refractivity (Wildman–Crippen MR) is 57.6 cm³/mol. The van der Waals surface area contributed by atoms with E-state index in [-0.39, 0.29) is 13.0 Å². The second-order valence-corrected chi connectivity index (χ2v) is 4.02. The quantitative estimate of drug-likeness (QED) is 0.637. The third kappa shape index (κ3) is 2.04. The molecule has 0 aromatic carbocycles. The summed E-state index contributed by atoms with van der Waals surface area (Å²) in [7, 11) is 1.37. The van der Waals surface area contributed by atoms with E-state index in [1.165, 1.54) is 23.9 Å². The molecular formula is C10H14N2O5. The van der Waals surface area contributed by atoms with E-state index in [1.54, 1.807) is 0 Å². The Bertz CT molecular complexity index is 520. The van der Waals surface area contributed by atoms with Crippen molar-refractivity contribution >= 4 is 0 Å². The van der Waals surface area contributed by atoms with Crippen molar-refractivity contribution in [1.82, 2.24) is 9.13 Å². The number of aliphatic hydroxyl groups is 2. The van der Waals surface area contributed by atoms with Gasteiger partial charge in [-0.15, -0.1) is 0 Å². The van der Waals surface area contributed by atoms with E-state index < -0.39 is 29.7 Å². The van der Waals surface area contributed by atoms with Crippen molar-refractivity contribution < 1.29 is 14.9 Å². The lowest BCUT2D eigenvalue weighted by Crippen LogP contribution is -2.38. The number of hydrogen-bond acceptors (Lipinski definition) is 5. The van der Waals surface area contributed by atoms with E-state index in [0.717, 1.165) is 4.57 Å². The number of hydrogen-bond donors (Lipinski definition) is 2. The molecule has 0 unspecified atom stereocenters. The van der Waals surface area contributed by atoms with Gasteiger partial charge in [-0.3, -0.25) is 13.9 Å². The highest BCUT2D eigenvalue weighted by Crippen LogP contribution is 2.26. The fraction of sp³-hybridized carbons (Fsp3) is 0.600. The Morgan fingerprint density at radius 3 is 2.82 bits per heavy atom. The molecule has 0 amide bonds. The molecule has 2 rings (SSSR count). The minimum Gasteiger partial charge on any atom is -0.394 e. The first kappa shape index (κ1) is 12.0. The van der Waals surface area contributed by atoms with E-state index in [9.17, 15) is 14.7 Å². The Hall–Kier alpha value is -1.44. The lowest BCUT2D eigenvalue weighted by molar-refractivity contribution is -0.0462. The van der Waals surface area contributed by atoms with Crippen LogP contribution in [0.4, 0.5) is 0 Å². The van der Waals surface area contributed by atoms with Gasteiger partial charge in [0.1, 0.15) is 12.3 Å². The summed E-state index contributed by atoms with van der Waals surface area (Å²) in [6, 6.07) is 1.25. The van der Waals surface area contributed by atoms with E-state index in [0.29, 0.717) is 0 Å². The number of aromatic nitrogens is 2. The number of nitrogens with zero attached hydrogens (tertiary/aromatic N) is 2. The maximum absolute atomic E-state index is 11.8. The normalized spacial score (nSPS) is 28.5. The first-order valence-corrected chi connectivity index (χ1v) is 5.27. The Morgan fingerprint density at radius 1 is 1.53 bits per heavy atom. The Morgan fingerprint density at radius 2 is 2.24 bits per heavy atom. The fourth-order valence-corrected chi connectivity index (χ4v) is 1.86. The van der Waals surface area contributed by atoms with Crippen molar-refractivity contribution in [2.75, 3.05) is 6.61 Å². The molecule has 0 radical (unpaired) electrons. The van der Waals surface area contributed by atoms with Crippen molar-refractivity contribution in [1.29, 1.82) is 0 Å². The van der Waals surface area contributed by atoms with Crippen LogP contribution in [-0.2, 0) is 11.8 Å². The van der Waals surface area contributed by atoms with Gasteiger partial charge in [-0.05, 0) is 0 Å². The lowest BCUT2D eigenvalue weighted by Gasteiger charge is -2.14. The molecule has 1 saturated heterocycles. The molecule has 1 aromatic heterocycles. The van der Waals surface area contributed by atoms with E-state index in [4.69, 9.17) is 9.84 Å². The molecular weight excluding hydrogens is 228 g/mol. The van der Waals surface area contributed by atoms with Gasteiger partial charge in [0.2, 0.25) is 0 Å². The SMILES string of the molecule is Cn1c(=O)ccn([C@H]2C[C@H](O)[C@@H](CO)O2)c1=O. The minimum absolute atomic E-state index is 0.212. The first-order valence-electron chi connectivity index (χ1n) is 5.27. The molecule has 94 valence electrons. The zero-order chi connectivity index (χ0) is 12.6. The van der Waals surface area contributed by atoms with Gasteiger partial charge in [-0.1, -0.05) is 0 Å². The molecule has 1 fully saturated rings. The first-order chi connectivity index (χ1) is 8.04. The van der Waals surface area contributed by atoms with Crippen LogP contribution in [0.1, 0.15) is 12.6 Å². The monoisotopic (exact) mass is 242 g/mol. The molecule has 2 heterocycles. The van der Waals surface area contributed by atoms with Crippen molar-refractivity contribution in [2.45, 2.75) is 24.9 Å². The van der Waals surface area contributed by atoms with Crippen molar-refractivity contribution in [3.63, 3.8) is 0 Å². The summed E-state index contributed by atoms with van der Waals surface area (Å²) in [4.78, 5) is 23.0. The summed E-state index contributed by atoms with van der Waals surface area (Å²) in [6.07, 6.45) is -0.606. The van der Waals surface area contributed by atoms with Crippen LogP contribution in [0.2, 0.25) is 0 Å². The molecule has 7 heteroatoms. The van der Waals surface area contributed by atoms with Crippen LogP contribution in [0.15, 0.2) is 21.9 Å². The predicted octanol–water partition coefficient (Wildman–Crippen LogP) is -1.81.